The zero-order valence-electron chi connectivity index (χ0n) is 18.8. The van der Waals surface area contributed by atoms with Crippen molar-refractivity contribution in [3.05, 3.63) is 65.8 Å². The lowest BCUT2D eigenvalue weighted by atomic mass is 10.0. The molecule has 0 bridgehead atoms. The number of aryl methyl sites for hydroxylation is 3. The molecule has 1 saturated heterocycles. The Morgan fingerprint density at radius 3 is 2.39 bits per heavy atom. The molecular weight excluding hydrogens is 390 g/mol. The van der Waals surface area contributed by atoms with Crippen LogP contribution in [0.2, 0.25) is 0 Å². The molecule has 164 valence electrons. The highest BCUT2D eigenvalue weighted by molar-refractivity contribution is 5.78. The van der Waals surface area contributed by atoms with Crippen molar-refractivity contribution in [2.24, 2.45) is 13.0 Å². The molecule has 0 N–H and O–H groups in total. The monoisotopic (exact) mass is 421 g/mol. The van der Waals surface area contributed by atoms with Crippen molar-refractivity contribution in [2.45, 2.75) is 33.4 Å². The summed E-state index contributed by atoms with van der Waals surface area (Å²) in [5.74, 6) is 2.66. The first-order valence-electron chi connectivity index (χ1n) is 10.9. The van der Waals surface area contributed by atoms with Gasteiger partial charge in [0.2, 0.25) is 5.91 Å². The first kappa shape index (κ1) is 21.2. The molecule has 1 aliphatic heterocycles. The normalized spacial score (nSPS) is 17.0. The maximum atomic E-state index is 13.1. The average molecular weight is 422 g/mol. The van der Waals surface area contributed by atoms with Crippen LogP contribution in [0.5, 0.6) is 0 Å². The molecule has 3 aromatic rings. The van der Waals surface area contributed by atoms with Crippen molar-refractivity contribution >= 4 is 5.91 Å². The fourth-order valence-corrected chi connectivity index (χ4v) is 4.38. The smallest absolute Gasteiger partial charge is 0.227 e. The summed E-state index contributed by atoms with van der Waals surface area (Å²) in [4.78, 5) is 26.5. The summed E-state index contributed by atoms with van der Waals surface area (Å²) in [7, 11) is 2.04. The topological polar surface area (TPSA) is 72.1 Å². The van der Waals surface area contributed by atoms with Crippen LogP contribution in [-0.4, -0.2) is 66.2 Å². The lowest BCUT2D eigenvalue weighted by molar-refractivity contribution is -0.137. The van der Waals surface area contributed by atoms with Gasteiger partial charge in [0.1, 0.15) is 17.5 Å². The maximum Gasteiger partial charge on any atom is 0.227 e. The van der Waals surface area contributed by atoms with Gasteiger partial charge in [0.15, 0.2) is 0 Å². The van der Waals surface area contributed by atoms with Crippen LogP contribution >= 0.6 is 0 Å². The van der Waals surface area contributed by atoms with E-state index in [1.54, 1.807) is 0 Å². The molecule has 2 aromatic heterocycles. The highest BCUT2D eigenvalue weighted by atomic mass is 16.2. The zero-order valence-corrected chi connectivity index (χ0v) is 18.8. The van der Waals surface area contributed by atoms with E-state index in [0.29, 0.717) is 19.6 Å². The Morgan fingerprint density at radius 2 is 1.81 bits per heavy atom. The highest BCUT2D eigenvalue weighted by Crippen LogP contribution is 2.28. The average Bonchev–Trinajstić information content (AvgIpc) is 3.33. The van der Waals surface area contributed by atoms with E-state index >= 15 is 0 Å². The quantitative estimate of drug-likeness (QED) is 0.610. The van der Waals surface area contributed by atoms with Gasteiger partial charge in [-0.3, -0.25) is 9.69 Å². The highest BCUT2D eigenvalue weighted by Gasteiger charge is 2.31. The van der Waals surface area contributed by atoms with Gasteiger partial charge in [-0.25, -0.2) is 14.6 Å². The SMILES string of the molecule is Cc1nc(C)n(C[C@H](C)C(=O)N2CCN([C@H](c3ccccc3)c3nccn3C)CC2)n1. The molecule has 0 radical (unpaired) electrons. The molecule has 3 heterocycles. The van der Waals surface area contributed by atoms with E-state index in [9.17, 15) is 4.79 Å². The van der Waals surface area contributed by atoms with Crippen molar-refractivity contribution in [3.63, 3.8) is 0 Å². The Labute approximate surface area is 183 Å². The Balaban J connectivity index is 1.43. The van der Waals surface area contributed by atoms with E-state index in [2.05, 4.69) is 48.8 Å². The van der Waals surface area contributed by atoms with Crippen molar-refractivity contribution in [1.82, 2.24) is 34.1 Å². The maximum absolute atomic E-state index is 13.1. The van der Waals surface area contributed by atoms with Crippen LogP contribution in [0.1, 0.15) is 36.0 Å². The van der Waals surface area contributed by atoms with Crippen LogP contribution in [-0.2, 0) is 18.4 Å². The molecule has 0 unspecified atom stereocenters. The first-order valence-corrected chi connectivity index (χ1v) is 10.9. The van der Waals surface area contributed by atoms with Gasteiger partial charge in [-0.15, -0.1) is 0 Å². The van der Waals surface area contributed by atoms with E-state index in [1.165, 1.54) is 5.56 Å². The molecule has 1 aliphatic rings. The lowest BCUT2D eigenvalue weighted by Crippen LogP contribution is -2.51. The van der Waals surface area contributed by atoms with Gasteiger partial charge < -0.3 is 9.47 Å². The second kappa shape index (κ2) is 9.01. The largest absolute Gasteiger partial charge is 0.340 e. The molecule has 0 saturated carbocycles. The minimum Gasteiger partial charge on any atom is -0.340 e. The third-order valence-electron chi connectivity index (χ3n) is 6.04. The number of hydrogen-bond acceptors (Lipinski definition) is 5. The van der Waals surface area contributed by atoms with Crippen molar-refractivity contribution in [1.29, 1.82) is 0 Å². The summed E-state index contributed by atoms with van der Waals surface area (Å²) >= 11 is 0. The lowest BCUT2D eigenvalue weighted by Gasteiger charge is -2.40. The predicted molar refractivity (Wildman–Crippen MR) is 118 cm³/mol. The van der Waals surface area contributed by atoms with Crippen LogP contribution in [0.3, 0.4) is 0 Å². The molecule has 1 amide bonds. The second-order valence-electron chi connectivity index (χ2n) is 8.36. The summed E-state index contributed by atoms with van der Waals surface area (Å²) in [6, 6.07) is 10.6. The second-order valence-corrected chi connectivity index (χ2v) is 8.36. The molecular formula is C23H31N7O. The van der Waals surface area contributed by atoms with Gasteiger partial charge in [0.05, 0.1) is 18.5 Å². The minimum atomic E-state index is -0.134. The van der Waals surface area contributed by atoms with Gasteiger partial charge in [0, 0.05) is 45.6 Å². The first-order chi connectivity index (χ1) is 14.9. The minimum absolute atomic E-state index is 0.0802. The fourth-order valence-electron chi connectivity index (χ4n) is 4.38. The van der Waals surface area contributed by atoms with E-state index < -0.39 is 0 Å². The summed E-state index contributed by atoms with van der Waals surface area (Å²) in [6.45, 7) is 9.39. The number of piperazine rings is 1. The molecule has 8 heteroatoms. The summed E-state index contributed by atoms with van der Waals surface area (Å²) in [6.07, 6.45) is 3.83. The van der Waals surface area contributed by atoms with Gasteiger partial charge in [-0.2, -0.15) is 5.10 Å². The molecule has 1 fully saturated rings. The molecule has 0 aliphatic carbocycles. The van der Waals surface area contributed by atoms with Gasteiger partial charge in [0.25, 0.3) is 0 Å². The molecule has 1 aromatic carbocycles. The molecule has 2 atom stereocenters. The van der Waals surface area contributed by atoms with Crippen LogP contribution < -0.4 is 0 Å². The molecule has 4 rings (SSSR count). The molecule has 0 spiro atoms. The number of imidazole rings is 1. The van der Waals surface area contributed by atoms with Crippen LogP contribution in [0, 0.1) is 19.8 Å². The summed E-state index contributed by atoms with van der Waals surface area (Å²) in [5, 5.41) is 4.40. The molecule has 8 nitrogen and oxygen atoms in total. The summed E-state index contributed by atoms with van der Waals surface area (Å²) < 4.78 is 3.92. The van der Waals surface area contributed by atoms with E-state index in [-0.39, 0.29) is 17.9 Å². The fraction of sp³-hybridized carbons (Fsp3) is 0.478. The number of aromatic nitrogens is 5. The Kier molecular flexibility index (Phi) is 6.18. The third-order valence-corrected chi connectivity index (χ3v) is 6.04. The third kappa shape index (κ3) is 4.54. The number of hydrogen-bond donors (Lipinski definition) is 0. The predicted octanol–water partition coefficient (Wildman–Crippen LogP) is 2.20. The van der Waals surface area contributed by atoms with Gasteiger partial charge in [-0.05, 0) is 19.4 Å². The van der Waals surface area contributed by atoms with Crippen LogP contribution in [0.4, 0.5) is 0 Å². The standard InChI is InChI=1S/C23H31N7O/c1-17(16-30-19(3)25-18(2)26-30)23(31)29-14-12-28(13-15-29)21(20-8-6-5-7-9-20)22-24-10-11-27(22)4/h5-11,17,21H,12-16H2,1-4H3/t17-,21+/m0/s1. The van der Waals surface area contributed by atoms with E-state index in [4.69, 9.17) is 0 Å². The van der Waals surface area contributed by atoms with Crippen molar-refractivity contribution in [3.8, 4) is 0 Å². The Bertz CT molecular complexity index is 1020. The van der Waals surface area contributed by atoms with Crippen LogP contribution in [0.15, 0.2) is 42.7 Å². The van der Waals surface area contributed by atoms with Gasteiger partial charge >= 0.3 is 0 Å². The number of benzene rings is 1. The van der Waals surface area contributed by atoms with E-state index in [0.717, 1.165) is 30.6 Å². The number of carbonyl (C=O) groups excluding carboxylic acids is 1. The number of carbonyl (C=O) groups is 1. The van der Waals surface area contributed by atoms with Crippen LogP contribution in [0.25, 0.3) is 0 Å². The van der Waals surface area contributed by atoms with Crippen molar-refractivity contribution < 1.29 is 4.79 Å². The molecule has 31 heavy (non-hydrogen) atoms. The number of nitrogens with zero attached hydrogens (tertiary/aromatic N) is 7. The summed E-state index contributed by atoms with van der Waals surface area (Å²) in [5.41, 5.74) is 1.22. The van der Waals surface area contributed by atoms with Crippen molar-refractivity contribution in [2.75, 3.05) is 26.2 Å². The Hall–Kier alpha value is -3.00. The Morgan fingerprint density at radius 1 is 1.10 bits per heavy atom. The zero-order chi connectivity index (χ0) is 22.0. The van der Waals surface area contributed by atoms with Gasteiger partial charge in [-0.1, -0.05) is 37.3 Å². The van der Waals surface area contributed by atoms with E-state index in [1.807, 2.05) is 55.9 Å². The number of rotatable bonds is 6. The number of amides is 1.